The SMILES string of the molecule is COC(C)(C)CC(CC(=O)O)N(C)C. The number of methoxy groups -OCH3 is 1. The molecule has 0 aliphatic heterocycles. The summed E-state index contributed by atoms with van der Waals surface area (Å²) in [6, 6.07) is 0.0162. The lowest BCUT2D eigenvalue weighted by molar-refractivity contribution is -0.138. The first-order valence-corrected chi connectivity index (χ1v) is 4.72. The predicted molar refractivity (Wildman–Crippen MR) is 55.4 cm³/mol. The highest BCUT2D eigenvalue weighted by atomic mass is 16.5. The Kier molecular flexibility index (Phi) is 5.08. The minimum absolute atomic E-state index is 0.0162. The van der Waals surface area contributed by atoms with E-state index in [-0.39, 0.29) is 18.1 Å². The van der Waals surface area contributed by atoms with Crippen molar-refractivity contribution in [1.82, 2.24) is 4.90 Å². The van der Waals surface area contributed by atoms with Crippen molar-refractivity contribution < 1.29 is 14.6 Å². The number of nitrogens with zero attached hydrogens (tertiary/aromatic N) is 1. The van der Waals surface area contributed by atoms with Crippen LogP contribution >= 0.6 is 0 Å². The summed E-state index contributed by atoms with van der Waals surface area (Å²) in [7, 11) is 5.42. The first kappa shape index (κ1) is 13.4. The summed E-state index contributed by atoms with van der Waals surface area (Å²) in [5.74, 6) is -0.768. The Morgan fingerprint density at radius 3 is 2.29 bits per heavy atom. The van der Waals surface area contributed by atoms with E-state index >= 15 is 0 Å². The molecule has 0 saturated heterocycles. The van der Waals surface area contributed by atoms with Crippen LogP contribution < -0.4 is 0 Å². The number of carboxylic acid groups (broad SMARTS) is 1. The summed E-state index contributed by atoms with van der Waals surface area (Å²) in [6.07, 6.45) is 0.864. The maximum Gasteiger partial charge on any atom is 0.304 e. The van der Waals surface area contributed by atoms with Crippen LogP contribution in [-0.4, -0.2) is 48.8 Å². The van der Waals surface area contributed by atoms with Crippen LogP contribution in [0.25, 0.3) is 0 Å². The first-order chi connectivity index (χ1) is 6.28. The minimum atomic E-state index is -0.768. The molecule has 0 saturated carbocycles. The molecule has 1 unspecified atom stereocenters. The van der Waals surface area contributed by atoms with Crippen LogP contribution in [0.4, 0.5) is 0 Å². The third-order valence-corrected chi connectivity index (χ3v) is 2.42. The van der Waals surface area contributed by atoms with Gasteiger partial charge in [0.05, 0.1) is 12.0 Å². The molecule has 0 spiro atoms. The summed E-state index contributed by atoms with van der Waals surface area (Å²) >= 11 is 0. The molecule has 4 nitrogen and oxygen atoms in total. The van der Waals surface area contributed by atoms with Gasteiger partial charge in [0.25, 0.3) is 0 Å². The largest absolute Gasteiger partial charge is 0.481 e. The van der Waals surface area contributed by atoms with Gasteiger partial charge in [-0.25, -0.2) is 0 Å². The van der Waals surface area contributed by atoms with E-state index in [0.717, 1.165) is 0 Å². The molecule has 0 heterocycles. The third-order valence-electron chi connectivity index (χ3n) is 2.42. The molecule has 0 aromatic carbocycles. The summed E-state index contributed by atoms with van der Waals surface area (Å²) in [5, 5.41) is 8.73. The molecule has 0 aliphatic carbocycles. The van der Waals surface area contributed by atoms with E-state index < -0.39 is 5.97 Å². The summed E-state index contributed by atoms with van der Waals surface area (Å²) in [6.45, 7) is 3.93. The first-order valence-electron chi connectivity index (χ1n) is 4.72. The van der Waals surface area contributed by atoms with Crippen molar-refractivity contribution in [3.63, 3.8) is 0 Å². The molecule has 84 valence electrons. The Labute approximate surface area is 85.9 Å². The highest BCUT2D eigenvalue weighted by Crippen LogP contribution is 2.19. The summed E-state index contributed by atoms with van der Waals surface area (Å²) < 4.78 is 5.28. The van der Waals surface area contributed by atoms with Crippen LogP contribution in [0.1, 0.15) is 26.7 Å². The summed E-state index contributed by atoms with van der Waals surface area (Å²) in [4.78, 5) is 12.5. The molecule has 0 aromatic rings. The normalized spacial score (nSPS) is 14.4. The number of ether oxygens (including phenoxy) is 1. The van der Waals surface area contributed by atoms with Crippen molar-refractivity contribution >= 4 is 5.97 Å². The van der Waals surface area contributed by atoms with E-state index in [1.807, 2.05) is 32.8 Å². The highest BCUT2D eigenvalue weighted by molar-refractivity contribution is 5.67. The molecular weight excluding hydrogens is 182 g/mol. The monoisotopic (exact) mass is 203 g/mol. The second-order valence-corrected chi connectivity index (χ2v) is 4.38. The molecule has 0 amide bonds. The number of rotatable bonds is 6. The second-order valence-electron chi connectivity index (χ2n) is 4.38. The summed E-state index contributed by atoms with van der Waals surface area (Å²) in [5.41, 5.74) is -0.273. The topological polar surface area (TPSA) is 49.8 Å². The van der Waals surface area contributed by atoms with E-state index in [9.17, 15) is 4.79 Å². The molecule has 0 bridgehead atoms. The number of carbonyl (C=O) groups is 1. The zero-order valence-electron chi connectivity index (χ0n) is 9.70. The Morgan fingerprint density at radius 2 is 2.00 bits per heavy atom. The van der Waals surface area contributed by atoms with Crippen LogP contribution in [0.15, 0.2) is 0 Å². The zero-order valence-corrected chi connectivity index (χ0v) is 9.70. The van der Waals surface area contributed by atoms with Crippen LogP contribution in [0.2, 0.25) is 0 Å². The molecule has 14 heavy (non-hydrogen) atoms. The average Bonchev–Trinajstić information content (AvgIpc) is 2.02. The fourth-order valence-corrected chi connectivity index (χ4v) is 1.29. The third kappa shape index (κ3) is 5.19. The Hall–Kier alpha value is -0.610. The molecule has 4 heteroatoms. The van der Waals surface area contributed by atoms with Crippen LogP contribution in [0.3, 0.4) is 0 Å². The smallest absolute Gasteiger partial charge is 0.304 e. The van der Waals surface area contributed by atoms with E-state index in [1.54, 1.807) is 7.11 Å². The van der Waals surface area contributed by atoms with Crippen molar-refractivity contribution in [2.24, 2.45) is 0 Å². The van der Waals surface area contributed by atoms with Gasteiger partial charge >= 0.3 is 5.97 Å². The van der Waals surface area contributed by atoms with Gasteiger partial charge in [-0.05, 0) is 34.4 Å². The van der Waals surface area contributed by atoms with Crippen LogP contribution in [0, 0.1) is 0 Å². The van der Waals surface area contributed by atoms with Gasteiger partial charge < -0.3 is 14.7 Å². The van der Waals surface area contributed by atoms with Gasteiger partial charge in [-0.3, -0.25) is 4.79 Å². The van der Waals surface area contributed by atoms with Gasteiger partial charge in [0.2, 0.25) is 0 Å². The van der Waals surface area contributed by atoms with Crippen molar-refractivity contribution in [3.05, 3.63) is 0 Å². The van der Waals surface area contributed by atoms with Gasteiger partial charge in [0, 0.05) is 13.2 Å². The van der Waals surface area contributed by atoms with E-state index in [1.165, 1.54) is 0 Å². The number of carboxylic acids is 1. The van der Waals surface area contributed by atoms with Crippen molar-refractivity contribution in [2.75, 3.05) is 21.2 Å². The molecule has 0 rings (SSSR count). The fourth-order valence-electron chi connectivity index (χ4n) is 1.29. The molecule has 0 radical (unpaired) electrons. The maximum absolute atomic E-state index is 10.6. The quantitative estimate of drug-likeness (QED) is 0.705. The number of hydrogen-bond acceptors (Lipinski definition) is 3. The van der Waals surface area contributed by atoms with Crippen molar-refractivity contribution in [2.45, 2.75) is 38.3 Å². The van der Waals surface area contributed by atoms with E-state index in [0.29, 0.717) is 6.42 Å². The minimum Gasteiger partial charge on any atom is -0.481 e. The van der Waals surface area contributed by atoms with Crippen LogP contribution in [0.5, 0.6) is 0 Å². The van der Waals surface area contributed by atoms with Gasteiger partial charge in [0.1, 0.15) is 0 Å². The lowest BCUT2D eigenvalue weighted by Gasteiger charge is -2.31. The molecular formula is C10H21NO3. The molecule has 0 aromatic heterocycles. The van der Waals surface area contributed by atoms with Crippen molar-refractivity contribution in [1.29, 1.82) is 0 Å². The predicted octanol–water partition coefficient (Wildman–Crippen LogP) is 1.21. The molecule has 0 aliphatic rings. The number of hydrogen-bond donors (Lipinski definition) is 1. The zero-order chi connectivity index (χ0) is 11.4. The molecule has 1 atom stereocenters. The number of aliphatic carboxylic acids is 1. The maximum atomic E-state index is 10.6. The van der Waals surface area contributed by atoms with E-state index in [2.05, 4.69) is 0 Å². The van der Waals surface area contributed by atoms with E-state index in [4.69, 9.17) is 9.84 Å². The Balaban J connectivity index is 4.30. The van der Waals surface area contributed by atoms with Gasteiger partial charge in [-0.15, -0.1) is 0 Å². The van der Waals surface area contributed by atoms with Crippen molar-refractivity contribution in [3.8, 4) is 0 Å². The van der Waals surface area contributed by atoms with Gasteiger partial charge in [-0.1, -0.05) is 0 Å². The lowest BCUT2D eigenvalue weighted by atomic mass is 9.96. The standard InChI is InChI=1S/C10H21NO3/c1-10(2,14-5)7-8(11(3)4)6-9(12)13/h8H,6-7H2,1-5H3,(H,12,13). The van der Waals surface area contributed by atoms with Gasteiger partial charge in [-0.2, -0.15) is 0 Å². The Bertz CT molecular complexity index is 190. The molecule has 0 fully saturated rings. The lowest BCUT2D eigenvalue weighted by Crippen LogP contribution is -2.38. The van der Waals surface area contributed by atoms with Gasteiger partial charge in [0.15, 0.2) is 0 Å². The fraction of sp³-hybridized carbons (Fsp3) is 0.900. The molecule has 1 N–H and O–H groups in total. The Morgan fingerprint density at radius 1 is 1.50 bits per heavy atom. The highest BCUT2D eigenvalue weighted by Gasteiger charge is 2.25. The van der Waals surface area contributed by atoms with Crippen LogP contribution in [-0.2, 0) is 9.53 Å². The second kappa shape index (κ2) is 5.32. The average molecular weight is 203 g/mol.